The fourth-order valence-electron chi connectivity index (χ4n) is 7.58. The van der Waals surface area contributed by atoms with Gasteiger partial charge < -0.3 is 0 Å². The molecule has 0 saturated carbocycles. The third-order valence-electron chi connectivity index (χ3n) is 10.5. The Bertz CT molecular complexity index is 2990. The molecule has 0 saturated heterocycles. The molecule has 10 aromatic rings. The maximum absolute atomic E-state index is 5.19. The Morgan fingerprint density at radius 1 is 0.214 bits per heavy atom. The van der Waals surface area contributed by atoms with E-state index in [1.54, 1.807) is 0 Å². The molecule has 262 valence electrons. The van der Waals surface area contributed by atoms with E-state index in [-0.39, 0.29) is 0 Å². The predicted octanol–water partition coefficient (Wildman–Crippen LogP) is 13.8. The van der Waals surface area contributed by atoms with E-state index < -0.39 is 0 Å². The Balaban J connectivity index is 1.06. The largest absolute Gasteiger partial charge is 0.208 e. The van der Waals surface area contributed by atoms with Crippen LogP contribution in [0.15, 0.2) is 212 Å². The van der Waals surface area contributed by atoms with Crippen LogP contribution in [0.2, 0.25) is 0 Å². The van der Waals surface area contributed by atoms with Gasteiger partial charge in [-0.2, -0.15) is 0 Å². The van der Waals surface area contributed by atoms with Crippen LogP contribution >= 0.6 is 0 Å². The second kappa shape index (κ2) is 14.4. The van der Waals surface area contributed by atoms with Gasteiger partial charge >= 0.3 is 0 Å². The molecule has 0 bridgehead atoms. The number of hydrogen-bond donors (Lipinski definition) is 0. The fraction of sp³-hybridized carbons (Fsp3) is 0. The van der Waals surface area contributed by atoms with Crippen LogP contribution in [0.1, 0.15) is 0 Å². The topological polar surface area (TPSA) is 38.7 Å². The molecule has 1 heterocycles. The van der Waals surface area contributed by atoms with Crippen LogP contribution in [0.3, 0.4) is 0 Å². The highest BCUT2D eigenvalue weighted by atomic mass is 15.0. The molecule has 0 radical (unpaired) electrons. The highest BCUT2D eigenvalue weighted by Crippen LogP contribution is 2.37. The SMILES string of the molecule is c1ccc(-c2ccc(-c3ccc4cc(-c5nc(-c6ccccc6)nc(-c6cc(-c7cccc(-c8ccccc8)c7)c7ccccc7c6)n5)ccc4c3)cc2)cc1. The Morgan fingerprint density at radius 2 is 0.625 bits per heavy atom. The first-order valence-corrected chi connectivity index (χ1v) is 18.9. The number of aromatic nitrogens is 3. The molecule has 0 aliphatic rings. The van der Waals surface area contributed by atoms with Crippen molar-refractivity contribution < 1.29 is 0 Å². The van der Waals surface area contributed by atoms with Crippen molar-refractivity contribution in [1.82, 2.24) is 15.0 Å². The fourth-order valence-corrected chi connectivity index (χ4v) is 7.58. The van der Waals surface area contributed by atoms with Crippen molar-refractivity contribution >= 4 is 21.5 Å². The minimum atomic E-state index is 0.634. The first kappa shape index (κ1) is 33.1. The molecule has 3 heteroatoms. The summed E-state index contributed by atoms with van der Waals surface area (Å²) in [4.78, 5) is 15.4. The van der Waals surface area contributed by atoms with Crippen molar-refractivity contribution in [3.8, 4) is 78.7 Å². The van der Waals surface area contributed by atoms with Crippen LogP contribution in [0.5, 0.6) is 0 Å². The van der Waals surface area contributed by atoms with Gasteiger partial charge in [0, 0.05) is 16.7 Å². The summed E-state index contributed by atoms with van der Waals surface area (Å²) in [6.45, 7) is 0. The lowest BCUT2D eigenvalue weighted by Crippen LogP contribution is -2.00. The van der Waals surface area contributed by atoms with Gasteiger partial charge in [-0.1, -0.05) is 182 Å². The van der Waals surface area contributed by atoms with Crippen LogP contribution in [-0.4, -0.2) is 15.0 Å². The first-order valence-electron chi connectivity index (χ1n) is 18.9. The van der Waals surface area contributed by atoms with Gasteiger partial charge in [-0.05, 0) is 96.4 Å². The summed E-state index contributed by atoms with van der Waals surface area (Å²) in [5, 5.41) is 4.60. The number of rotatable bonds is 7. The van der Waals surface area contributed by atoms with Crippen LogP contribution in [-0.2, 0) is 0 Å². The van der Waals surface area contributed by atoms with Gasteiger partial charge in [0.1, 0.15) is 0 Å². The molecular weight excluding hydrogens is 679 g/mol. The van der Waals surface area contributed by atoms with Gasteiger partial charge in [0.25, 0.3) is 0 Å². The van der Waals surface area contributed by atoms with Gasteiger partial charge in [0.2, 0.25) is 0 Å². The van der Waals surface area contributed by atoms with E-state index in [4.69, 9.17) is 15.0 Å². The maximum Gasteiger partial charge on any atom is 0.164 e. The van der Waals surface area contributed by atoms with E-state index in [0.717, 1.165) is 44.0 Å². The van der Waals surface area contributed by atoms with E-state index in [2.05, 4.69) is 188 Å². The molecule has 0 amide bonds. The van der Waals surface area contributed by atoms with Crippen molar-refractivity contribution in [3.63, 3.8) is 0 Å². The second-order valence-electron chi connectivity index (χ2n) is 14.1. The minimum absolute atomic E-state index is 0.634. The van der Waals surface area contributed by atoms with Crippen LogP contribution in [0.4, 0.5) is 0 Å². The normalized spacial score (nSPS) is 11.2. The van der Waals surface area contributed by atoms with Crippen molar-refractivity contribution in [3.05, 3.63) is 212 Å². The van der Waals surface area contributed by atoms with E-state index >= 15 is 0 Å². The Morgan fingerprint density at radius 3 is 1.30 bits per heavy atom. The number of hydrogen-bond acceptors (Lipinski definition) is 3. The lowest BCUT2D eigenvalue weighted by Gasteiger charge is -2.13. The highest BCUT2D eigenvalue weighted by molar-refractivity contribution is 6.00. The lowest BCUT2D eigenvalue weighted by molar-refractivity contribution is 1.08. The van der Waals surface area contributed by atoms with Crippen molar-refractivity contribution in [2.75, 3.05) is 0 Å². The average molecular weight is 714 g/mol. The molecule has 56 heavy (non-hydrogen) atoms. The van der Waals surface area contributed by atoms with E-state index in [1.807, 2.05) is 24.3 Å². The van der Waals surface area contributed by atoms with Gasteiger partial charge in [-0.3, -0.25) is 0 Å². The zero-order valence-electron chi connectivity index (χ0n) is 30.5. The van der Waals surface area contributed by atoms with Gasteiger partial charge in [0.05, 0.1) is 0 Å². The molecule has 0 aliphatic heterocycles. The van der Waals surface area contributed by atoms with Crippen LogP contribution < -0.4 is 0 Å². The molecule has 10 rings (SSSR count). The Labute approximate surface area is 326 Å². The van der Waals surface area contributed by atoms with Gasteiger partial charge in [-0.25, -0.2) is 15.0 Å². The maximum atomic E-state index is 5.19. The number of benzene rings is 9. The molecule has 0 unspecified atom stereocenters. The zero-order chi connectivity index (χ0) is 37.3. The van der Waals surface area contributed by atoms with Gasteiger partial charge in [0.15, 0.2) is 17.5 Å². The van der Waals surface area contributed by atoms with E-state index in [1.165, 1.54) is 38.8 Å². The van der Waals surface area contributed by atoms with Crippen molar-refractivity contribution in [1.29, 1.82) is 0 Å². The zero-order valence-corrected chi connectivity index (χ0v) is 30.5. The van der Waals surface area contributed by atoms with Crippen LogP contribution in [0, 0.1) is 0 Å². The first-order chi connectivity index (χ1) is 27.7. The molecule has 9 aromatic carbocycles. The summed E-state index contributed by atoms with van der Waals surface area (Å²) in [5.41, 5.74) is 12.3. The van der Waals surface area contributed by atoms with Crippen molar-refractivity contribution in [2.24, 2.45) is 0 Å². The molecule has 0 aliphatic carbocycles. The monoisotopic (exact) mass is 713 g/mol. The standard InChI is InChI=1S/C53H35N3/c1-4-13-36(14-5-1)38-23-25-39(26-24-38)42-27-28-44-33-47(30-29-43(44)31-42)52-54-51(40-17-8-3-9-18-40)55-53(56-52)48-34-45-19-10-11-22-49(45)50(35-48)46-21-12-20-41(32-46)37-15-6-2-7-16-37/h1-35H. The molecule has 1 aromatic heterocycles. The third kappa shape index (κ3) is 6.52. The van der Waals surface area contributed by atoms with E-state index in [9.17, 15) is 0 Å². The van der Waals surface area contributed by atoms with Gasteiger partial charge in [-0.15, -0.1) is 0 Å². The molecule has 0 N–H and O–H groups in total. The molecule has 3 nitrogen and oxygen atoms in total. The highest BCUT2D eigenvalue weighted by Gasteiger charge is 2.16. The third-order valence-corrected chi connectivity index (χ3v) is 10.5. The average Bonchev–Trinajstić information content (AvgIpc) is 3.29. The Hall–Kier alpha value is -7.49. The molecule has 0 spiro atoms. The quantitative estimate of drug-likeness (QED) is 0.165. The number of nitrogens with zero attached hydrogens (tertiary/aromatic N) is 3. The summed E-state index contributed by atoms with van der Waals surface area (Å²) in [6, 6.07) is 74.9. The smallest absolute Gasteiger partial charge is 0.164 e. The minimum Gasteiger partial charge on any atom is -0.208 e. The molecular formula is C53H35N3. The lowest BCUT2D eigenvalue weighted by atomic mass is 9.93. The summed E-state index contributed by atoms with van der Waals surface area (Å²) >= 11 is 0. The Kier molecular flexibility index (Phi) is 8.51. The van der Waals surface area contributed by atoms with Crippen molar-refractivity contribution in [2.45, 2.75) is 0 Å². The predicted molar refractivity (Wildman–Crippen MR) is 233 cm³/mol. The summed E-state index contributed by atoms with van der Waals surface area (Å²) < 4.78 is 0. The summed E-state index contributed by atoms with van der Waals surface area (Å²) in [5.74, 6) is 1.91. The van der Waals surface area contributed by atoms with Crippen LogP contribution in [0.25, 0.3) is 100 Å². The van der Waals surface area contributed by atoms with E-state index in [0.29, 0.717) is 17.5 Å². The second-order valence-corrected chi connectivity index (χ2v) is 14.1. The summed E-state index contributed by atoms with van der Waals surface area (Å²) in [6.07, 6.45) is 0. The molecule has 0 atom stereocenters. The molecule has 0 fully saturated rings. The summed E-state index contributed by atoms with van der Waals surface area (Å²) in [7, 11) is 0. The number of fused-ring (bicyclic) bond motifs is 2.